The van der Waals surface area contributed by atoms with Gasteiger partial charge in [-0.3, -0.25) is 14.5 Å². The van der Waals surface area contributed by atoms with Gasteiger partial charge >= 0.3 is 0 Å². The maximum absolute atomic E-state index is 13.0. The molecule has 1 aromatic carbocycles. The van der Waals surface area contributed by atoms with E-state index in [-0.39, 0.29) is 17.9 Å². The average Bonchev–Trinajstić information content (AvgIpc) is 3.34. The molecule has 11 heteroatoms. The molecular weight excluding hydrogens is 470 g/mol. The van der Waals surface area contributed by atoms with Gasteiger partial charge < -0.3 is 29.7 Å². The molecule has 0 bridgehead atoms. The Morgan fingerprint density at radius 2 is 2.06 bits per heavy atom. The minimum atomic E-state index is -0.367. The molecule has 0 spiro atoms. The van der Waals surface area contributed by atoms with E-state index in [1.54, 1.807) is 25.7 Å². The Balaban J connectivity index is 1.75. The summed E-state index contributed by atoms with van der Waals surface area (Å²) in [6.07, 6.45) is 0.177. The molecule has 10 nitrogen and oxygen atoms in total. The first-order valence-corrected chi connectivity index (χ1v) is 12.5. The number of methoxy groups -OCH3 is 2. The number of amides is 2. The Labute approximate surface area is 210 Å². The van der Waals surface area contributed by atoms with Crippen molar-refractivity contribution >= 4 is 34.0 Å². The van der Waals surface area contributed by atoms with Gasteiger partial charge in [-0.25, -0.2) is 4.98 Å². The maximum atomic E-state index is 13.0. The van der Waals surface area contributed by atoms with Crippen LogP contribution in [0.3, 0.4) is 0 Å². The fourth-order valence-corrected chi connectivity index (χ4v) is 4.49. The molecule has 35 heavy (non-hydrogen) atoms. The highest BCUT2D eigenvalue weighted by molar-refractivity contribution is 7.13. The number of benzene rings is 1. The van der Waals surface area contributed by atoms with Crippen LogP contribution in [-0.4, -0.2) is 95.1 Å². The Morgan fingerprint density at radius 1 is 1.26 bits per heavy atom. The number of anilines is 2. The van der Waals surface area contributed by atoms with Crippen LogP contribution in [-0.2, 0) is 20.8 Å². The Morgan fingerprint density at radius 3 is 2.80 bits per heavy atom. The summed E-state index contributed by atoms with van der Waals surface area (Å²) in [5.41, 5.74) is 2.13. The van der Waals surface area contributed by atoms with E-state index >= 15 is 0 Å². The van der Waals surface area contributed by atoms with Crippen molar-refractivity contribution in [1.82, 2.24) is 15.2 Å². The first kappa shape index (κ1) is 27.0. The van der Waals surface area contributed by atoms with Crippen molar-refractivity contribution in [2.45, 2.75) is 19.6 Å². The lowest BCUT2D eigenvalue weighted by Gasteiger charge is -2.31. The number of ether oxygens (including phenoxy) is 3. The van der Waals surface area contributed by atoms with Crippen molar-refractivity contribution in [2.24, 2.45) is 0 Å². The molecule has 1 fully saturated rings. The molecule has 2 heterocycles. The second-order valence-electron chi connectivity index (χ2n) is 8.43. The van der Waals surface area contributed by atoms with Crippen LogP contribution in [0.4, 0.5) is 10.8 Å². The van der Waals surface area contributed by atoms with E-state index in [1.165, 1.54) is 11.3 Å². The van der Waals surface area contributed by atoms with Crippen LogP contribution in [0.15, 0.2) is 23.6 Å². The number of nitrogens with one attached hydrogen (secondary N) is 2. The Hall–Kier alpha value is -2.57. The van der Waals surface area contributed by atoms with Gasteiger partial charge in [-0.1, -0.05) is 6.07 Å². The molecule has 0 aliphatic carbocycles. The fraction of sp³-hybridized carbons (Fsp3) is 0.542. The standard InChI is InChI=1S/C24H35N5O5S/c1-17-14-29(9-12-34-17)15-18-5-6-20(19(13-18)22(30)25-7-10-32-3)26-23(31)21-16-35-24(27-21)28(2)8-11-33-4/h5-6,13,16-17H,7-12,14-15H2,1-4H3,(H,25,30)(H,26,31)/t17-/m0/s1. The van der Waals surface area contributed by atoms with Crippen molar-refractivity contribution in [3.63, 3.8) is 0 Å². The Bertz CT molecular complexity index is 985. The average molecular weight is 506 g/mol. The minimum absolute atomic E-state index is 0.177. The largest absolute Gasteiger partial charge is 0.383 e. The van der Waals surface area contributed by atoms with Crippen molar-refractivity contribution in [2.75, 3.05) is 77.5 Å². The van der Waals surface area contributed by atoms with Gasteiger partial charge in [-0.15, -0.1) is 11.3 Å². The lowest BCUT2D eigenvalue weighted by molar-refractivity contribution is -0.0212. The molecule has 1 atom stereocenters. The van der Waals surface area contributed by atoms with Gasteiger partial charge in [0.05, 0.1) is 37.2 Å². The molecule has 2 amide bonds. The van der Waals surface area contributed by atoms with Gasteiger partial charge in [0.25, 0.3) is 11.8 Å². The van der Waals surface area contributed by atoms with Gasteiger partial charge in [0.15, 0.2) is 5.13 Å². The third-order valence-electron chi connectivity index (χ3n) is 5.58. The monoisotopic (exact) mass is 505 g/mol. The number of nitrogens with zero attached hydrogens (tertiary/aromatic N) is 3. The van der Waals surface area contributed by atoms with Gasteiger partial charge in [0, 0.05) is 59.4 Å². The van der Waals surface area contributed by atoms with E-state index in [2.05, 4.69) is 27.4 Å². The normalized spacial score (nSPS) is 16.2. The molecule has 2 aromatic rings. The van der Waals surface area contributed by atoms with Gasteiger partial charge in [-0.05, 0) is 24.6 Å². The molecule has 2 N–H and O–H groups in total. The number of morpholine rings is 1. The zero-order valence-corrected chi connectivity index (χ0v) is 21.7. The number of hydrogen-bond acceptors (Lipinski definition) is 9. The summed E-state index contributed by atoms with van der Waals surface area (Å²) < 4.78 is 15.8. The lowest BCUT2D eigenvalue weighted by atomic mass is 10.1. The fourth-order valence-electron chi connectivity index (χ4n) is 3.69. The van der Waals surface area contributed by atoms with Crippen LogP contribution in [0.1, 0.15) is 33.3 Å². The summed E-state index contributed by atoms with van der Waals surface area (Å²) in [5, 5.41) is 8.15. The number of hydrogen-bond donors (Lipinski definition) is 2. The van der Waals surface area contributed by atoms with E-state index in [0.29, 0.717) is 56.4 Å². The quantitative estimate of drug-likeness (QED) is 0.423. The van der Waals surface area contributed by atoms with E-state index in [0.717, 1.165) is 23.8 Å². The Kier molecular flexibility index (Phi) is 10.4. The topological polar surface area (TPSA) is 105 Å². The molecule has 0 saturated carbocycles. The predicted octanol–water partition coefficient (Wildman–Crippen LogP) is 2.07. The molecular formula is C24H35N5O5S. The van der Waals surface area contributed by atoms with Crippen LogP contribution in [0.25, 0.3) is 0 Å². The van der Waals surface area contributed by atoms with E-state index < -0.39 is 0 Å². The number of carbonyl (C=O) groups excluding carboxylic acids is 2. The van der Waals surface area contributed by atoms with Crippen molar-refractivity contribution in [1.29, 1.82) is 0 Å². The highest BCUT2D eigenvalue weighted by Crippen LogP contribution is 2.23. The third-order valence-corrected chi connectivity index (χ3v) is 6.54. The summed E-state index contributed by atoms with van der Waals surface area (Å²) in [5.74, 6) is -0.638. The van der Waals surface area contributed by atoms with Crippen LogP contribution in [0.5, 0.6) is 0 Å². The zero-order valence-electron chi connectivity index (χ0n) is 20.8. The molecule has 1 saturated heterocycles. The first-order chi connectivity index (χ1) is 16.9. The highest BCUT2D eigenvalue weighted by Gasteiger charge is 2.20. The van der Waals surface area contributed by atoms with Crippen molar-refractivity contribution in [3.8, 4) is 0 Å². The van der Waals surface area contributed by atoms with E-state index in [9.17, 15) is 9.59 Å². The van der Waals surface area contributed by atoms with Gasteiger partial charge in [0.2, 0.25) is 0 Å². The number of likely N-dealkylation sites (N-methyl/N-ethyl adjacent to an activating group) is 1. The van der Waals surface area contributed by atoms with E-state index in [1.807, 2.05) is 24.1 Å². The second-order valence-corrected chi connectivity index (χ2v) is 9.27. The van der Waals surface area contributed by atoms with Crippen LogP contribution in [0, 0.1) is 0 Å². The number of aromatic nitrogens is 1. The smallest absolute Gasteiger partial charge is 0.275 e. The molecule has 192 valence electrons. The van der Waals surface area contributed by atoms with Crippen LogP contribution >= 0.6 is 11.3 Å². The number of rotatable bonds is 12. The second kappa shape index (κ2) is 13.5. The van der Waals surface area contributed by atoms with Gasteiger partial charge in [-0.2, -0.15) is 0 Å². The number of carbonyl (C=O) groups is 2. The molecule has 0 radical (unpaired) electrons. The van der Waals surface area contributed by atoms with Crippen LogP contribution in [0.2, 0.25) is 0 Å². The van der Waals surface area contributed by atoms with Gasteiger partial charge in [0.1, 0.15) is 5.69 Å². The SMILES string of the molecule is COCCNC(=O)c1cc(CN2CCO[C@@H](C)C2)ccc1NC(=O)c1csc(N(C)CCOC)n1. The summed E-state index contributed by atoms with van der Waals surface area (Å²) in [6.45, 7) is 7.11. The van der Waals surface area contributed by atoms with Crippen molar-refractivity contribution in [3.05, 3.63) is 40.4 Å². The number of thiazole rings is 1. The lowest BCUT2D eigenvalue weighted by Crippen LogP contribution is -2.40. The molecule has 3 rings (SSSR count). The third kappa shape index (κ3) is 7.97. The first-order valence-electron chi connectivity index (χ1n) is 11.6. The zero-order chi connectivity index (χ0) is 25.2. The summed E-state index contributed by atoms with van der Waals surface area (Å²) in [7, 11) is 5.12. The minimum Gasteiger partial charge on any atom is -0.383 e. The maximum Gasteiger partial charge on any atom is 0.275 e. The molecule has 0 unspecified atom stereocenters. The molecule has 1 aliphatic heterocycles. The summed E-state index contributed by atoms with van der Waals surface area (Å²) in [6, 6.07) is 5.55. The molecule has 1 aliphatic rings. The highest BCUT2D eigenvalue weighted by atomic mass is 32.1. The summed E-state index contributed by atoms with van der Waals surface area (Å²) >= 11 is 1.38. The summed E-state index contributed by atoms with van der Waals surface area (Å²) in [4.78, 5) is 34.6. The van der Waals surface area contributed by atoms with Crippen molar-refractivity contribution < 1.29 is 23.8 Å². The van der Waals surface area contributed by atoms with Crippen LogP contribution < -0.4 is 15.5 Å². The van der Waals surface area contributed by atoms with E-state index in [4.69, 9.17) is 14.2 Å². The molecule has 1 aromatic heterocycles. The predicted molar refractivity (Wildman–Crippen MR) is 137 cm³/mol.